The van der Waals surface area contributed by atoms with Crippen LogP contribution in [0.4, 0.5) is 0 Å². The molecule has 2 N–H and O–H groups in total. The van der Waals surface area contributed by atoms with E-state index >= 15 is 0 Å². The molecular formula is C23H29NO5. The zero-order valence-corrected chi connectivity index (χ0v) is 16.6. The minimum atomic E-state index is -0.767. The Balaban J connectivity index is 1.45. The maximum atomic E-state index is 11.1. The van der Waals surface area contributed by atoms with Crippen molar-refractivity contribution >= 4 is 0 Å². The summed E-state index contributed by atoms with van der Waals surface area (Å²) >= 11 is 0. The molecule has 29 heavy (non-hydrogen) atoms. The molecule has 2 aromatic carbocycles. The highest BCUT2D eigenvalue weighted by Crippen LogP contribution is 2.34. The number of aliphatic hydroxyl groups excluding tert-OH is 1. The van der Waals surface area contributed by atoms with E-state index in [2.05, 4.69) is 12.2 Å². The molecule has 2 saturated heterocycles. The third-order valence-corrected chi connectivity index (χ3v) is 5.32. The molecule has 2 aliphatic rings. The van der Waals surface area contributed by atoms with Gasteiger partial charge in [-0.2, -0.15) is 0 Å². The van der Waals surface area contributed by atoms with Crippen molar-refractivity contribution in [2.75, 3.05) is 13.2 Å². The van der Waals surface area contributed by atoms with Gasteiger partial charge in [0.25, 0.3) is 0 Å². The van der Waals surface area contributed by atoms with Crippen LogP contribution in [0, 0.1) is 0 Å². The van der Waals surface area contributed by atoms with E-state index in [0.717, 1.165) is 24.1 Å². The van der Waals surface area contributed by atoms with E-state index in [1.807, 2.05) is 60.7 Å². The molecule has 0 amide bonds. The van der Waals surface area contributed by atoms with Crippen LogP contribution in [0.25, 0.3) is 0 Å². The highest BCUT2D eigenvalue weighted by Gasteiger charge is 2.49. The summed E-state index contributed by atoms with van der Waals surface area (Å²) in [5.41, 5.74) is 1.99. The SMILES string of the molecule is CCCN[C@H]1[C@@H](OCc2ccccc2)O[C@@H]2COC(c3ccccc3)O[C@H]2[C@@H]1O. The Morgan fingerprint density at radius 1 is 1.03 bits per heavy atom. The Kier molecular flexibility index (Phi) is 6.92. The second kappa shape index (κ2) is 9.80. The van der Waals surface area contributed by atoms with Gasteiger partial charge in [-0.25, -0.2) is 0 Å². The Hall–Kier alpha value is -1.80. The molecule has 0 radical (unpaired) electrons. The van der Waals surface area contributed by atoms with Crippen molar-refractivity contribution in [3.05, 3.63) is 71.8 Å². The van der Waals surface area contributed by atoms with E-state index in [0.29, 0.717) is 13.2 Å². The van der Waals surface area contributed by atoms with Gasteiger partial charge in [-0.05, 0) is 18.5 Å². The lowest BCUT2D eigenvalue weighted by Crippen LogP contribution is -2.66. The summed E-state index contributed by atoms with van der Waals surface area (Å²) in [6.45, 7) is 3.59. The average molecular weight is 399 g/mol. The van der Waals surface area contributed by atoms with Gasteiger partial charge in [0, 0.05) is 5.56 Å². The number of hydrogen-bond donors (Lipinski definition) is 2. The smallest absolute Gasteiger partial charge is 0.184 e. The molecule has 0 aromatic heterocycles. The van der Waals surface area contributed by atoms with Gasteiger partial charge < -0.3 is 29.4 Å². The summed E-state index contributed by atoms with van der Waals surface area (Å²) in [6.07, 6.45) is -1.79. The normalized spacial score (nSPS) is 31.9. The van der Waals surface area contributed by atoms with Gasteiger partial charge in [-0.15, -0.1) is 0 Å². The van der Waals surface area contributed by atoms with Crippen molar-refractivity contribution in [3.63, 3.8) is 0 Å². The second-order valence-electron chi connectivity index (χ2n) is 7.49. The molecule has 2 aliphatic heterocycles. The molecule has 2 heterocycles. The lowest BCUT2D eigenvalue weighted by Gasteiger charge is -2.48. The lowest BCUT2D eigenvalue weighted by atomic mass is 9.95. The molecule has 0 saturated carbocycles. The van der Waals surface area contributed by atoms with Gasteiger partial charge >= 0.3 is 0 Å². The van der Waals surface area contributed by atoms with Crippen LogP contribution in [0.3, 0.4) is 0 Å². The minimum absolute atomic E-state index is 0.340. The molecule has 6 nitrogen and oxygen atoms in total. The number of fused-ring (bicyclic) bond motifs is 1. The number of rotatable bonds is 7. The van der Waals surface area contributed by atoms with Crippen LogP contribution in [0.1, 0.15) is 30.8 Å². The molecule has 2 aromatic rings. The number of ether oxygens (including phenoxy) is 4. The maximum absolute atomic E-state index is 11.1. The predicted molar refractivity (Wildman–Crippen MR) is 108 cm³/mol. The monoisotopic (exact) mass is 399 g/mol. The van der Waals surface area contributed by atoms with Crippen LogP contribution < -0.4 is 5.32 Å². The lowest BCUT2D eigenvalue weighted by molar-refractivity contribution is -0.346. The number of aliphatic hydroxyl groups is 1. The fraction of sp³-hybridized carbons (Fsp3) is 0.478. The van der Waals surface area contributed by atoms with Crippen molar-refractivity contribution in [3.8, 4) is 0 Å². The largest absolute Gasteiger partial charge is 0.388 e. The van der Waals surface area contributed by atoms with E-state index in [-0.39, 0.29) is 12.1 Å². The summed E-state index contributed by atoms with van der Waals surface area (Å²) < 4.78 is 24.2. The number of benzene rings is 2. The van der Waals surface area contributed by atoms with Gasteiger partial charge in [-0.3, -0.25) is 0 Å². The summed E-state index contributed by atoms with van der Waals surface area (Å²) in [5.74, 6) is 0. The van der Waals surface area contributed by atoms with Gasteiger partial charge in [0.2, 0.25) is 0 Å². The third-order valence-electron chi connectivity index (χ3n) is 5.32. The van der Waals surface area contributed by atoms with Crippen LogP contribution in [0.2, 0.25) is 0 Å². The first-order valence-electron chi connectivity index (χ1n) is 10.3. The van der Waals surface area contributed by atoms with Crippen LogP contribution >= 0.6 is 0 Å². The number of nitrogens with one attached hydrogen (secondary N) is 1. The van der Waals surface area contributed by atoms with Crippen molar-refractivity contribution in [1.29, 1.82) is 0 Å². The quantitative estimate of drug-likeness (QED) is 0.746. The molecule has 6 heteroatoms. The molecule has 0 aliphatic carbocycles. The fourth-order valence-electron chi connectivity index (χ4n) is 3.79. The van der Waals surface area contributed by atoms with Crippen LogP contribution in [0.15, 0.2) is 60.7 Å². The van der Waals surface area contributed by atoms with Crippen molar-refractivity contribution in [2.24, 2.45) is 0 Å². The average Bonchev–Trinajstić information content (AvgIpc) is 2.78. The Bertz CT molecular complexity index is 743. The Labute approximate surface area is 171 Å². The van der Waals surface area contributed by atoms with E-state index in [4.69, 9.17) is 18.9 Å². The van der Waals surface area contributed by atoms with Gasteiger partial charge in [0.05, 0.1) is 19.3 Å². The molecule has 6 atom stereocenters. The maximum Gasteiger partial charge on any atom is 0.184 e. The van der Waals surface area contributed by atoms with Crippen LogP contribution in [-0.2, 0) is 25.6 Å². The molecule has 2 fully saturated rings. The van der Waals surface area contributed by atoms with Gasteiger partial charge in [0.1, 0.15) is 18.3 Å². The highest BCUT2D eigenvalue weighted by atomic mass is 16.7. The minimum Gasteiger partial charge on any atom is -0.388 e. The van der Waals surface area contributed by atoms with E-state index in [1.54, 1.807) is 0 Å². The van der Waals surface area contributed by atoms with Gasteiger partial charge in [0.15, 0.2) is 12.6 Å². The molecule has 0 bridgehead atoms. The molecule has 4 rings (SSSR count). The molecule has 0 spiro atoms. The summed E-state index contributed by atoms with van der Waals surface area (Å²) in [4.78, 5) is 0. The first kappa shape index (κ1) is 20.5. The second-order valence-corrected chi connectivity index (χ2v) is 7.49. The van der Waals surface area contributed by atoms with Crippen LogP contribution in [-0.4, -0.2) is 48.9 Å². The molecule has 156 valence electrons. The van der Waals surface area contributed by atoms with Crippen LogP contribution in [0.5, 0.6) is 0 Å². The topological polar surface area (TPSA) is 69.2 Å². The summed E-state index contributed by atoms with van der Waals surface area (Å²) in [7, 11) is 0. The Morgan fingerprint density at radius 2 is 1.76 bits per heavy atom. The number of hydrogen-bond acceptors (Lipinski definition) is 6. The predicted octanol–water partition coefficient (Wildman–Crippen LogP) is 2.77. The zero-order chi connectivity index (χ0) is 20.1. The third kappa shape index (κ3) is 4.86. The molecule has 1 unspecified atom stereocenters. The van der Waals surface area contributed by atoms with Gasteiger partial charge in [-0.1, -0.05) is 67.6 Å². The van der Waals surface area contributed by atoms with Crippen molar-refractivity contribution in [1.82, 2.24) is 5.32 Å². The first-order valence-corrected chi connectivity index (χ1v) is 10.3. The van der Waals surface area contributed by atoms with Crippen molar-refractivity contribution < 1.29 is 24.1 Å². The highest BCUT2D eigenvalue weighted by molar-refractivity contribution is 5.17. The standard InChI is InChI=1S/C23H29NO5/c1-2-13-24-19-20(25)21-18(15-27-22(29-21)17-11-7-4-8-12-17)28-23(19)26-14-16-9-5-3-6-10-16/h3-12,18-25H,2,13-15H2,1H3/t18-,19-,20-,21-,22?,23+/m1/s1. The zero-order valence-electron chi connectivity index (χ0n) is 16.6. The van der Waals surface area contributed by atoms with Crippen molar-refractivity contribution in [2.45, 2.75) is 56.9 Å². The van der Waals surface area contributed by atoms with E-state index in [9.17, 15) is 5.11 Å². The molecular weight excluding hydrogens is 370 g/mol. The summed E-state index contributed by atoms with van der Waals surface area (Å²) in [6, 6.07) is 19.3. The fourth-order valence-corrected chi connectivity index (χ4v) is 3.79. The Morgan fingerprint density at radius 3 is 2.48 bits per heavy atom. The van der Waals surface area contributed by atoms with E-state index in [1.165, 1.54) is 0 Å². The first-order chi connectivity index (χ1) is 14.3. The summed E-state index contributed by atoms with van der Waals surface area (Å²) in [5, 5.41) is 14.5. The van der Waals surface area contributed by atoms with E-state index < -0.39 is 24.8 Å².